The number of fused-ring (bicyclic) bond motifs is 1. The fraction of sp³-hybridized carbons (Fsp3) is 0.536. The number of nitrogens with zero attached hydrogens (tertiary/aromatic N) is 2. The average molecular weight is 557 g/mol. The summed E-state index contributed by atoms with van der Waals surface area (Å²) >= 11 is 0. The maximum Gasteiger partial charge on any atom is 0.257 e. The van der Waals surface area contributed by atoms with Gasteiger partial charge in [-0.15, -0.1) is 0 Å². The number of nitrogens with one attached hydrogen (secondary N) is 2. The zero-order valence-corrected chi connectivity index (χ0v) is 22.9. The van der Waals surface area contributed by atoms with E-state index in [4.69, 9.17) is 14.6 Å². The van der Waals surface area contributed by atoms with Crippen LogP contribution in [0.15, 0.2) is 30.3 Å². The van der Waals surface area contributed by atoms with Crippen molar-refractivity contribution in [2.45, 2.75) is 32.1 Å². The van der Waals surface area contributed by atoms with Crippen molar-refractivity contribution in [3.05, 3.63) is 41.5 Å². The number of carbonyl (C=O) groups excluding carboxylic acids is 1. The lowest BCUT2D eigenvalue weighted by molar-refractivity contribution is 0.102. The average Bonchev–Trinajstić information content (AvgIpc) is 3.50. The maximum atomic E-state index is 13.7. The van der Waals surface area contributed by atoms with Gasteiger partial charge in [-0.1, -0.05) is 0 Å². The summed E-state index contributed by atoms with van der Waals surface area (Å²) in [6, 6.07) is 8.99. The Kier molecular flexibility index (Phi) is 7.07. The minimum Gasteiger partial charge on any atom is -0.491 e. The number of rotatable bonds is 8. The Labute approximate surface area is 229 Å². The summed E-state index contributed by atoms with van der Waals surface area (Å²) in [5, 5.41) is 12.2. The predicted octanol–water partition coefficient (Wildman–Crippen LogP) is 2.82. The summed E-state index contributed by atoms with van der Waals surface area (Å²) in [6.07, 6.45) is 5.47. The molecule has 0 radical (unpaired) electrons. The third-order valence-corrected chi connectivity index (χ3v) is 9.64. The molecule has 1 aliphatic carbocycles. The van der Waals surface area contributed by atoms with Gasteiger partial charge in [0, 0.05) is 43.9 Å². The van der Waals surface area contributed by atoms with Crippen LogP contribution in [-0.2, 0) is 21.2 Å². The van der Waals surface area contributed by atoms with Crippen LogP contribution in [0.4, 0.5) is 22.7 Å². The molecule has 10 nitrogen and oxygen atoms in total. The van der Waals surface area contributed by atoms with Gasteiger partial charge in [0.2, 0.25) is 10.0 Å². The fourth-order valence-corrected chi connectivity index (χ4v) is 6.72. The SMILES string of the molecule is O=C(Nc1cc2c(c(N3CCOCC3)c1)OCC2)c1ccc(NS(=O)(=O)CCO)cc1N1CCC2(CC1)CC2. The Balaban J connectivity index is 1.29. The Bertz CT molecular complexity index is 1340. The van der Waals surface area contributed by atoms with Gasteiger partial charge in [-0.2, -0.15) is 0 Å². The molecule has 2 aromatic carbocycles. The van der Waals surface area contributed by atoms with Crippen LogP contribution in [0.25, 0.3) is 0 Å². The van der Waals surface area contributed by atoms with Gasteiger partial charge in [-0.25, -0.2) is 8.42 Å². The van der Waals surface area contributed by atoms with E-state index in [1.165, 1.54) is 12.8 Å². The Hall–Kier alpha value is -3.02. The molecule has 1 spiro atoms. The molecule has 210 valence electrons. The number of amides is 1. The smallest absolute Gasteiger partial charge is 0.257 e. The molecular weight excluding hydrogens is 520 g/mol. The number of hydrogen-bond donors (Lipinski definition) is 3. The van der Waals surface area contributed by atoms with E-state index in [0.717, 1.165) is 62.4 Å². The zero-order chi connectivity index (χ0) is 27.0. The number of aliphatic hydroxyl groups is 1. The molecule has 4 aliphatic rings. The van der Waals surface area contributed by atoms with Gasteiger partial charge >= 0.3 is 0 Å². The van der Waals surface area contributed by atoms with Crippen LogP contribution in [0.3, 0.4) is 0 Å². The molecule has 2 saturated heterocycles. The van der Waals surface area contributed by atoms with E-state index in [2.05, 4.69) is 19.8 Å². The lowest BCUT2D eigenvalue weighted by Gasteiger charge is -2.35. The quantitative estimate of drug-likeness (QED) is 0.454. The van der Waals surface area contributed by atoms with Crippen LogP contribution < -0.4 is 24.6 Å². The topological polar surface area (TPSA) is 120 Å². The summed E-state index contributed by atoms with van der Waals surface area (Å²) < 4.78 is 38.6. The molecule has 0 bridgehead atoms. The minimum absolute atomic E-state index is 0.242. The zero-order valence-electron chi connectivity index (χ0n) is 22.1. The van der Waals surface area contributed by atoms with Gasteiger partial charge in [0.05, 0.1) is 54.8 Å². The van der Waals surface area contributed by atoms with E-state index in [0.29, 0.717) is 47.9 Å². The van der Waals surface area contributed by atoms with Crippen LogP contribution in [0.1, 0.15) is 41.6 Å². The highest BCUT2D eigenvalue weighted by Crippen LogP contribution is 2.54. The van der Waals surface area contributed by atoms with Crippen LogP contribution in [0, 0.1) is 5.41 Å². The number of piperidine rings is 1. The second-order valence-corrected chi connectivity index (χ2v) is 12.8. The lowest BCUT2D eigenvalue weighted by atomic mass is 9.93. The van der Waals surface area contributed by atoms with Crippen molar-refractivity contribution in [2.24, 2.45) is 5.41 Å². The molecule has 0 aromatic heterocycles. The summed E-state index contributed by atoms with van der Waals surface area (Å²) in [5.41, 5.74) is 4.81. The number of aliphatic hydroxyl groups excluding tert-OH is 1. The number of hydrogen-bond acceptors (Lipinski definition) is 8. The Morgan fingerprint density at radius 1 is 0.923 bits per heavy atom. The van der Waals surface area contributed by atoms with E-state index in [1.54, 1.807) is 18.2 Å². The summed E-state index contributed by atoms with van der Waals surface area (Å²) in [5.74, 6) is 0.260. The number of benzene rings is 2. The lowest BCUT2D eigenvalue weighted by Crippen LogP contribution is -2.36. The van der Waals surface area contributed by atoms with Gasteiger partial charge in [-0.05, 0) is 61.4 Å². The highest BCUT2D eigenvalue weighted by Gasteiger charge is 2.44. The van der Waals surface area contributed by atoms with Crippen molar-refractivity contribution in [1.82, 2.24) is 0 Å². The van der Waals surface area contributed by atoms with Crippen molar-refractivity contribution in [3.63, 3.8) is 0 Å². The van der Waals surface area contributed by atoms with E-state index < -0.39 is 16.6 Å². The first-order chi connectivity index (χ1) is 18.8. The summed E-state index contributed by atoms with van der Waals surface area (Å²) in [6.45, 7) is 4.64. The summed E-state index contributed by atoms with van der Waals surface area (Å²) in [7, 11) is -3.69. The molecular formula is C28H36N4O6S. The van der Waals surface area contributed by atoms with Crippen LogP contribution >= 0.6 is 0 Å². The number of morpholine rings is 1. The largest absolute Gasteiger partial charge is 0.491 e. The van der Waals surface area contributed by atoms with Crippen LogP contribution in [-0.4, -0.2) is 77.8 Å². The molecule has 11 heteroatoms. The maximum absolute atomic E-state index is 13.7. The van der Waals surface area contributed by atoms with Gasteiger partial charge < -0.3 is 29.7 Å². The van der Waals surface area contributed by atoms with Crippen molar-refractivity contribution < 1.29 is 27.8 Å². The molecule has 0 unspecified atom stereocenters. The molecule has 39 heavy (non-hydrogen) atoms. The molecule has 0 atom stereocenters. The van der Waals surface area contributed by atoms with Gasteiger partial charge in [-0.3, -0.25) is 9.52 Å². The van der Waals surface area contributed by atoms with Gasteiger partial charge in [0.15, 0.2) is 0 Å². The third kappa shape index (κ3) is 5.66. The van der Waals surface area contributed by atoms with E-state index in [-0.39, 0.29) is 11.7 Å². The van der Waals surface area contributed by atoms with Crippen LogP contribution in [0.2, 0.25) is 0 Å². The molecule has 1 saturated carbocycles. The van der Waals surface area contributed by atoms with Gasteiger partial charge in [0.25, 0.3) is 5.91 Å². The summed E-state index contributed by atoms with van der Waals surface area (Å²) in [4.78, 5) is 18.2. The van der Waals surface area contributed by atoms with Crippen molar-refractivity contribution in [1.29, 1.82) is 0 Å². The monoisotopic (exact) mass is 556 g/mol. The Morgan fingerprint density at radius 2 is 1.64 bits per heavy atom. The normalized spacial score (nSPS) is 19.9. The first-order valence-corrected chi connectivity index (χ1v) is 15.4. The van der Waals surface area contributed by atoms with E-state index >= 15 is 0 Å². The highest BCUT2D eigenvalue weighted by molar-refractivity contribution is 7.92. The molecule has 6 rings (SSSR count). The van der Waals surface area contributed by atoms with Gasteiger partial charge in [0.1, 0.15) is 5.75 Å². The number of carbonyl (C=O) groups is 1. The van der Waals surface area contributed by atoms with Crippen LogP contribution in [0.5, 0.6) is 5.75 Å². The van der Waals surface area contributed by atoms with Crippen molar-refractivity contribution >= 4 is 38.7 Å². The number of sulfonamides is 1. The predicted molar refractivity (Wildman–Crippen MR) is 151 cm³/mol. The Morgan fingerprint density at radius 3 is 2.36 bits per heavy atom. The molecule has 3 aliphatic heterocycles. The fourth-order valence-electron chi connectivity index (χ4n) is 5.90. The first-order valence-electron chi connectivity index (χ1n) is 13.8. The number of ether oxygens (including phenoxy) is 2. The van der Waals surface area contributed by atoms with E-state index in [9.17, 15) is 13.2 Å². The van der Waals surface area contributed by atoms with Crippen molar-refractivity contribution in [2.75, 3.05) is 78.2 Å². The second kappa shape index (κ2) is 10.5. The standard InChI is InChI=1S/C28H36N4O6S/c33-12-16-39(35,36)30-21-1-2-23(24(18-21)31-8-6-28(4-5-28)7-9-31)27(34)29-22-17-20-3-13-38-26(20)25(19-22)32-10-14-37-15-11-32/h1-2,17-19,30,33H,3-16H2,(H,29,34). The van der Waals surface area contributed by atoms with Crippen molar-refractivity contribution in [3.8, 4) is 5.75 Å². The third-order valence-electron chi connectivity index (χ3n) is 8.37. The first kappa shape index (κ1) is 26.2. The second-order valence-electron chi connectivity index (χ2n) is 11.0. The molecule has 3 heterocycles. The number of anilines is 4. The molecule has 3 N–H and O–H groups in total. The molecule has 3 fully saturated rings. The minimum atomic E-state index is -3.69. The molecule has 1 amide bonds. The van der Waals surface area contributed by atoms with E-state index in [1.807, 2.05) is 12.1 Å². The highest BCUT2D eigenvalue weighted by atomic mass is 32.2. The molecule has 2 aromatic rings.